The van der Waals surface area contributed by atoms with E-state index in [0.29, 0.717) is 12.8 Å². The lowest BCUT2D eigenvalue weighted by molar-refractivity contribution is -0.217. The number of fused-ring (bicyclic) bond motifs is 7. The van der Waals surface area contributed by atoms with Crippen molar-refractivity contribution in [1.82, 2.24) is 0 Å². The Morgan fingerprint density at radius 1 is 0.766 bits per heavy atom. The first-order valence-corrected chi connectivity index (χ1v) is 16.0. The van der Waals surface area contributed by atoms with E-state index < -0.39 is 80.2 Å². The highest BCUT2D eigenvalue weighted by Crippen LogP contribution is 2.67. The zero-order chi connectivity index (χ0) is 34.5. The van der Waals surface area contributed by atoms with Crippen LogP contribution in [0.3, 0.4) is 0 Å². The van der Waals surface area contributed by atoms with Gasteiger partial charge in [0.2, 0.25) is 11.2 Å². The SMILES string of the molecule is Cc1c(O)c2ccc3c(c2oc1=O)[C@@H](OC(=O)C12CCC(C)(C(=O)O1)C2(C)C)[C@@H](OC(=O)C12CCC(C)(C(=O)O1)C2(C)C)C(C)(C)O3. The minimum Gasteiger partial charge on any atom is -0.507 e. The summed E-state index contributed by atoms with van der Waals surface area (Å²) in [5.41, 5.74) is -9.27. The summed E-state index contributed by atoms with van der Waals surface area (Å²) >= 11 is 0. The minimum atomic E-state index is -1.64. The van der Waals surface area contributed by atoms with Crippen LogP contribution in [-0.2, 0) is 38.1 Å². The Balaban J connectivity index is 1.38. The first kappa shape index (κ1) is 31.5. The summed E-state index contributed by atoms with van der Waals surface area (Å²) in [7, 11) is 0. The maximum absolute atomic E-state index is 14.5. The normalized spacial score (nSPS) is 36.8. The van der Waals surface area contributed by atoms with Crippen LogP contribution in [0.15, 0.2) is 21.3 Å². The highest BCUT2D eigenvalue weighted by Gasteiger charge is 2.78. The van der Waals surface area contributed by atoms with E-state index in [4.69, 9.17) is 28.1 Å². The molecule has 2 saturated carbocycles. The van der Waals surface area contributed by atoms with Crippen LogP contribution in [0.4, 0.5) is 0 Å². The van der Waals surface area contributed by atoms with Gasteiger partial charge in [-0.1, -0.05) is 27.7 Å². The highest BCUT2D eigenvalue weighted by molar-refractivity contribution is 5.95. The van der Waals surface area contributed by atoms with Gasteiger partial charge in [0.05, 0.1) is 27.3 Å². The lowest BCUT2D eigenvalue weighted by Crippen LogP contribution is -2.57. The minimum absolute atomic E-state index is 0.0246. The molecule has 2 saturated heterocycles. The van der Waals surface area contributed by atoms with Crippen LogP contribution in [0.25, 0.3) is 11.0 Å². The summed E-state index contributed by atoms with van der Waals surface area (Å²) in [5.74, 6) is -2.86. The van der Waals surface area contributed by atoms with Crippen LogP contribution in [0.5, 0.6) is 11.5 Å². The molecular weight excluding hydrogens is 612 g/mol. The van der Waals surface area contributed by atoms with E-state index in [1.807, 2.05) is 0 Å². The van der Waals surface area contributed by atoms with Gasteiger partial charge in [0.15, 0.2) is 17.8 Å². The van der Waals surface area contributed by atoms with E-state index in [1.54, 1.807) is 61.5 Å². The first-order chi connectivity index (χ1) is 21.6. The van der Waals surface area contributed by atoms with Crippen molar-refractivity contribution < 1.29 is 52.4 Å². The lowest BCUT2D eigenvalue weighted by Gasteiger charge is -2.45. The molecule has 2 aromatic rings. The van der Waals surface area contributed by atoms with Gasteiger partial charge >= 0.3 is 29.5 Å². The fourth-order valence-corrected chi connectivity index (χ4v) is 8.71. The fourth-order valence-electron chi connectivity index (χ4n) is 8.71. The topological polar surface area (TPSA) is 165 Å². The summed E-state index contributed by atoms with van der Waals surface area (Å²) in [4.78, 5) is 67.7. The predicted octanol–water partition coefficient (Wildman–Crippen LogP) is 4.72. The second-order valence-electron chi connectivity index (χ2n) is 15.9. The van der Waals surface area contributed by atoms with Crippen molar-refractivity contribution in [2.75, 3.05) is 0 Å². The number of carbonyl (C=O) groups is 4. The molecule has 4 unspecified atom stereocenters. The molecule has 0 amide bonds. The van der Waals surface area contributed by atoms with Crippen molar-refractivity contribution in [1.29, 1.82) is 0 Å². The molecule has 12 nitrogen and oxygen atoms in total. The Hall–Kier alpha value is -4.09. The van der Waals surface area contributed by atoms with E-state index in [2.05, 4.69) is 0 Å². The van der Waals surface area contributed by atoms with Gasteiger partial charge in [0.1, 0.15) is 17.1 Å². The standard InChI is InChI=1S/C35H40O12/c1-16-20(36)17-10-11-18-19(21(17)42-24(16)37)22(43-27(40)34-14-12-32(8,25(38)46-34)30(34,4)5)23(29(2,3)45-18)44-28(41)35-15-13-33(9,26(39)47-35)31(35,6)7/h10-11,22-23,36H,12-15H2,1-9H3/t22-,23-,32?,33?,34?,35?/m1/s1. The third kappa shape index (κ3) is 3.41. The quantitative estimate of drug-likeness (QED) is 0.275. The summed E-state index contributed by atoms with van der Waals surface area (Å²) in [5, 5.41) is 11.1. The molecular formula is C35H40O12. The number of esters is 4. The van der Waals surface area contributed by atoms with E-state index in [0.717, 1.165) is 0 Å². The largest absolute Gasteiger partial charge is 0.507 e. The van der Waals surface area contributed by atoms with Gasteiger partial charge < -0.3 is 33.2 Å². The van der Waals surface area contributed by atoms with Crippen molar-refractivity contribution >= 4 is 34.8 Å². The number of benzene rings is 1. The summed E-state index contributed by atoms with van der Waals surface area (Å²) < 4.78 is 36.2. The van der Waals surface area contributed by atoms with Crippen molar-refractivity contribution in [3.63, 3.8) is 0 Å². The van der Waals surface area contributed by atoms with Gasteiger partial charge in [-0.05, 0) is 72.4 Å². The monoisotopic (exact) mass is 652 g/mol. The Morgan fingerprint density at radius 3 is 1.74 bits per heavy atom. The molecule has 0 radical (unpaired) electrons. The number of aromatic hydroxyl groups is 1. The molecule has 12 heteroatoms. The fraction of sp³-hybridized carbons (Fsp3) is 0.629. The number of hydrogen-bond acceptors (Lipinski definition) is 12. The second-order valence-corrected chi connectivity index (χ2v) is 15.9. The van der Waals surface area contributed by atoms with Crippen molar-refractivity contribution in [3.05, 3.63) is 33.7 Å². The number of ether oxygens (including phenoxy) is 5. The molecule has 47 heavy (non-hydrogen) atoms. The molecule has 0 spiro atoms. The van der Waals surface area contributed by atoms with E-state index in [9.17, 15) is 29.1 Å². The summed E-state index contributed by atoms with van der Waals surface area (Å²) in [6, 6.07) is 3.06. The maximum Gasteiger partial charge on any atom is 0.351 e. The van der Waals surface area contributed by atoms with Gasteiger partial charge in [-0.25, -0.2) is 14.4 Å². The number of hydrogen-bond donors (Lipinski definition) is 1. The van der Waals surface area contributed by atoms with E-state index >= 15 is 0 Å². The van der Waals surface area contributed by atoms with Crippen LogP contribution in [0.2, 0.25) is 0 Å². The van der Waals surface area contributed by atoms with Crippen LogP contribution in [0.1, 0.15) is 98.3 Å². The highest BCUT2D eigenvalue weighted by atomic mass is 16.7. The average Bonchev–Trinajstić information content (AvgIpc) is 3.45. The first-order valence-electron chi connectivity index (χ1n) is 16.0. The Bertz CT molecular complexity index is 1880. The van der Waals surface area contributed by atoms with Crippen molar-refractivity contribution in [2.45, 2.75) is 117 Å². The smallest absolute Gasteiger partial charge is 0.351 e. The molecule has 4 heterocycles. The van der Waals surface area contributed by atoms with E-state index in [1.165, 1.54) is 13.0 Å². The van der Waals surface area contributed by atoms with Crippen LogP contribution < -0.4 is 10.4 Å². The summed E-state index contributed by atoms with van der Waals surface area (Å²) in [6.45, 7) is 15.4. The molecule has 4 fully saturated rings. The molecule has 6 atom stereocenters. The zero-order valence-electron chi connectivity index (χ0n) is 28.1. The third-order valence-electron chi connectivity index (χ3n) is 13.2. The molecule has 1 aromatic heterocycles. The molecule has 252 valence electrons. The third-order valence-corrected chi connectivity index (χ3v) is 13.2. The number of carbonyl (C=O) groups excluding carboxylic acids is 4. The van der Waals surface area contributed by atoms with Crippen LogP contribution in [-0.4, -0.2) is 51.9 Å². The van der Waals surface area contributed by atoms with Crippen molar-refractivity contribution in [2.24, 2.45) is 21.7 Å². The molecule has 1 N–H and O–H groups in total. The number of rotatable bonds is 4. The van der Waals surface area contributed by atoms with Gasteiger partial charge in [-0.3, -0.25) is 9.59 Å². The molecule has 1 aromatic carbocycles. The molecule has 7 rings (SSSR count). The van der Waals surface area contributed by atoms with Gasteiger partial charge in [-0.2, -0.15) is 0 Å². The zero-order valence-corrected chi connectivity index (χ0v) is 28.1. The molecule has 5 aliphatic rings. The van der Waals surface area contributed by atoms with Crippen LogP contribution in [0, 0.1) is 28.6 Å². The molecule has 3 aliphatic heterocycles. The molecule has 4 bridgehead atoms. The maximum atomic E-state index is 14.5. The Kier molecular flexibility index (Phi) is 5.95. The Labute approximate surface area is 271 Å². The predicted molar refractivity (Wildman–Crippen MR) is 162 cm³/mol. The van der Waals surface area contributed by atoms with E-state index in [-0.39, 0.29) is 46.4 Å². The van der Waals surface area contributed by atoms with Gasteiger partial charge in [-0.15, -0.1) is 0 Å². The lowest BCUT2D eigenvalue weighted by atomic mass is 9.66. The molecule has 2 aliphatic carbocycles. The average molecular weight is 653 g/mol. The summed E-state index contributed by atoms with van der Waals surface area (Å²) in [6.07, 6.45) is -1.61. The van der Waals surface area contributed by atoms with Gasteiger partial charge in [0.25, 0.3) is 0 Å². The Morgan fingerprint density at radius 2 is 1.28 bits per heavy atom. The second kappa shape index (κ2) is 8.87. The van der Waals surface area contributed by atoms with Crippen molar-refractivity contribution in [3.8, 4) is 11.5 Å². The van der Waals surface area contributed by atoms with Crippen LogP contribution >= 0.6 is 0 Å². The van der Waals surface area contributed by atoms with Gasteiger partial charge in [0, 0.05) is 10.8 Å².